The molecule has 0 saturated carbocycles. The number of aryl methyl sites for hydroxylation is 2. The van der Waals surface area contributed by atoms with Crippen molar-refractivity contribution in [1.82, 2.24) is 0 Å². The first-order valence-corrected chi connectivity index (χ1v) is 7.23. The standard InChI is InChI=1S/C14H14FNO2S/c1-10-7-8-13(12(15)9-10)16-19(17,18)14-6-4-3-5-11(14)2/h3-9,16H,1-2H3. The molecular formula is C14H14FNO2S. The maximum Gasteiger partial charge on any atom is 0.262 e. The van der Waals surface area contributed by atoms with E-state index in [9.17, 15) is 12.8 Å². The predicted octanol–water partition coefficient (Wildman–Crippen LogP) is 3.24. The van der Waals surface area contributed by atoms with Crippen LogP contribution in [0.25, 0.3) is 0 Å². The van der Waals surface area contributed by atoms with E-state index in [1.807, 2.05) is 0 Å². The summed E-state index contributed by atoms with van der Waals surface area (Å²) in [5, 5.41) is 0. The Labute approximate surface area is 112 Å². The highest BCUT2D eigenvalue weighted by Gasteiger charge is 2.17. The molecule has 2 aromatic rings. The second-order valence-electron chi connectivity index (χ2n) is 4.35. The van der Waals surface area contributed by atoms with Crippen LogP contribution in [0.15, 0.2) is 47.4 Å². The minimum atomic E-state index is -3.77. The molecule has 3 nitrogen and oxygen atoms in total. The van der Waals surface area contributed by atoms with E-state index in [0.29, 0.717) is 5.56 Å². The van der Waals surface area contributed by atoms with Gasteiger partial charge in [-0.15, -0.1) is 0 Å². The van der Waals surface area contributed by atoms with E-state index in [4.69, 9.17) is 0 Å². The predicted molar refractivity (Wildman–Crippen MR) is 73.1 cm³/mol. The lowest BCUT2D eigenvalue weighted by Crippen LogP contribution is -2.15. The Balaban J connectivity index is 2.40. The number of nitrogens with one attached hydrogen (secondary N) is 1. The van der Waals surface area contributed by atoms with E-state index in [-0.39, 0.29) is 10.6 Å². The van der Waals surface area contributed by atoms with Crippen LogP contribution in [0.2, 0.25) is 0 Å². The Kier molecular flexibility index (Phi) is 3.57. The van der Waals surface area contributed by atoms with Gasteiger partial charge in [0.2, 0.25) is 0 Å². The number of anilines is 1. The second-order valence-corrected chi connectivity index (χ2v) is 6.01. The summed E-state index contributed by atoms with van der Waals surface area (Å²) in [6.45, 7) is 3.43. The van der Waals surface area contributed by atoms with Gasteiger partial charge in [-0.3, -0.25) is 4.72 Å². The fraction of sp³-hybridized carbons (Fsp3) is 0.143. The van der Waals surface area contributed by atoms with Crippen LogP contribution in [0.3, 0.4) is 0 Å². The van der Waals surface area contributed by atoms with Crippen LogP contribution in [-0.2, 0) is 10.0 Å². The molecule has 19 heavy (non-hydrogen) atoms. The molecule has 2 aromatic carbocycles. The molecule has 0 radical (unpaired) electrons. The molecule has 0 unspecified atom stereocenters. The summed E-state index contributed by atoms with van der Waals surface area (Å²) in [5.41, 5.74) is 1.30. The molecule has 2 rings (SSSR count). The van der Waals surface area contributed by atoms with Crippen LogP contribution in [-0.4, -0.2) is 8.42 Å². The van der Waals surface area contributed by atoms with Crippen LogP contribution in [0.1, 0.15) is 11.1 Å². The first kappa shape index (κ1) is 13.5. The van der Waals surface area contributed by atoms with Gasteiger partial charge < -0.3 is 0 Å². The number of halogens is 1. The molecular weight excluding hydrogens is 265 g/mol. The molecule has 100 valence electrons. The molecule has 0 bridgehead atoms. The number of benzene rings is 2. The van der Waals surface area contributed by atoms with Crippen molar-refractivity contribution in [2.45, 2.75) is 18.7 Å². The van der Waals surface area contributed by atoms with Gasteiger partial charge in [-0.1, -0.05) is 24.3 Å². The summed E-state index contributed by atoms with van der Waals surface area (Å²) in [6.07, 6.45) is 0. The van der Waals surface area contributed by atoms with Gasteiger partial charge in [-0.2, -0.15) is 0 Å². The van der Waals surface area contributed by atoms with Crippen molar-refractivity contribution in [2.75, 3.05) is 4.72 Å². The minimum Gasteiger partial charge on any atom is -0.277 e. The summed E-state index contributed by atoms with van der Waals surface area (Å²) < 4.78 is 40.3. The molecule has 0 aromatic heterocycles. The Morgan fingerprint density at radius 2 is 1.74 bits per heavy atom. The normalized spacial score (nSPS) is 11.3. The zero-order valence-electron chi connectivity index (χ0n) is 10.6. The SMILES string of the molecule is Cc1ccc(NS(=O)(=O)c2ccccc2C)c(F)c1. The molecule has 5 heteroatoms. The van der Waals surface area contributed by atoms with Gasteiger partial charge in [0.05, 0.1) is 10.6 Å². The summed E-state index contributed by atoms with van der Waals surface area (Å²) in [5.74, 6) is -0.586. The van der Waals surface area contributed by atoms with Crippen molar-refractivity contribution in [3.63, 3.8) is 0 Å². The lowest BCUT2D eigenvalue weighted by molar-refractivity contribution is 0.598. The van der Waals surface area contributed by atoms with E-state index in [2.05, 4.69) is 4.72 Å². The second kappa shape index (κ2) is 5.01. The molecule has 0 fully saturated rings. The van der Waals surface area contributed by atoms with Crippen LogP contribution >= 0.6 is 0 Å². The molecule has 0 heterocycles. The lowest BCUT2D eigenvalue weighted by Gasteiger charge is -2.11. The molecule has 0 spiro atoms. The van der Waals surface area contributed by atoms with E-state index in [0.717, 1.165) is 5.56 Å². The Morgan fingerprint density at radius 3 is 2.37 bits per heavy atom. The van der Waals surface area contributed by atoms with E-state index in [1.54, 1.807) is 38.1 Å². The van der Waals surface area contributed by atoms with Crippen LogP contribution in [0.5, 0.6) is 0 Å². The van der Waals surface area contributed by atoms with Gasteiger partial charge in [-0.05, 0) is 43.2 Å². The maximum atomic E-state index is 13.7. The first-order valence-electron chi connectivity index (χ1n) is 5.75. The third kappa shape index (κ3) is 2.93. The van der Waals surface area contributed by atoms with Gasteiger partial charge >= 0.3 is 0 Å². The van der Waals surface area contributed by atoms with Gasteiger partial charge in [0.15, 0.2) is 0 Å². The monoisotopic (exact) mass is 279 g/mol. The van der Waals surface area contributed by atoms with Crippen LogP contribution < -0.4 is 4.72 Å². The zero-order valence-corrected chi connectivity index (χ0v) is 11.5. The van der Waals surface area contributed by atoms with Crippen molar-refractivity contribution < 1.29 is 12.8 Å². The number of hydrogen-bond acceptors (Lipinski definition) is 2. The Bertz CT molecular complexity index is 711. The van der Waals surface area contributed by atoms with Gasteiger partial charge in [0.25, 0.3) is 10.0 Å². The summed E-state index contributed by atoms with van der Waals surface area (Å²) in [4.78, 5) is 0.148. The summed E-state index contributed by atoms with van der Waals surface area (Å²) in [6, 6.07) is 10.9. The zero-order chi connectivity index (χ0) is 14.0. The highest BCUT2D eigenvalue weighted by Crippen LogP contribution is 2.21. The van der Waals surface area contributed by atoms with Crippen molar-refractivity contribution in [3.8, 4) is 0 Å². The Morgan fingerprint density at radius 1 is 1.05 bits per heavy atom. The lowest BCUT2D eigenvalue weighted by atomic mass is 10.2. The Hall–Kier alpha value is -1.88. The quantitative estimate of drug-likeness (QED) is 0.937. The first-order chi connectivity index (χ1) is 8.90. The molecule has 0 saturated heterocycles. The highest BCUT2D eigenvalue weighted by molar-refractivity contribution is 7.92. The van der Waals surface area contributed by atoms with Crippen molar-refractivity contribution in [1.29, 1.82) is 0 Å². The highest BCUT2D eigenvalue weighted by atomic mass is 32.2. The van der Waals surface area contributed by atoms with Crippen molar-refractivity contribution in [2.24, 2.45) is 0 Å². The number of rotatable bonds is 3. The summed E-state index contributed by atoms with van der Waals surface area (Å²) in [7, 11) is -3.77. The molecule has 0 aliphatic rings. The van der Waals surface area contributed by atoms with Crippen molar-refractivity contribution in [3.05, 3.63) is 59.4 Å². The van der Waals surface area contributed by atoms with Gasteiger partial charge in [-0.25, -0.2) is 12.8 Å². The summed E-state index contributed by atoms with van der Waals surface area (Å²) >= 11 is 0. The van der Waals surface area contributed by atoms with Crippen LogP contribution in [0.4, 0.5) is 10.1 Å². The molecule has 0 aliphatic heterocycles. The third-order valence-electron chi connectivity index (χ3n) is 2.75. The maximum absolute atomic E-state index is 13.7. The van der Waals surface area contributed by atoms with E-state index < -0.39 is 15.8 Å². The molecule has 0 atom stereocenters. The smallest absolute Gasteiger partial charge is 0.262 e. The molecule has 1 N–H and O–H groups in total. The molecule has 0 amide bonds. The topological polar surface area (TPSA) is 46.2 Å². The van der Waals surface area contributed by atoms with E-state index >= 15 is 0 Å². The largest absolute Gasteiger partial charge is 0.277 e. The van der Waals surface area contributed by atoms with Gasteiger partial charge in [0.1, 0.15) is 5.82 Å². The average Bonchev–Trinajstić information content (AvgIpc) is 2.33. The molecule has 0 aliphatic carbocycles. The minimum absolute atomic E-state index is 0.0474. The number of hydrogen-bond donors (Lipinski definition) is 1. The fourth-order valence-electron chi connectivity index (χ4n) is 1.76. The van der Waals surface area contributed by atoms with Crippen LogP contribution in [0, 0.1) is 19.7 Å². The third-order valence-corrected chi connectivity index (χ3v) is 4.28. The van der Waals surface area contributed by atoms with Crippen molar-refractivity contribution >= 4 is 15.7 Å². The van der Waals surface area contributed by atoms with Gasteiger partial charge in [0, 0.05) is 0 Å². The van der Waals surface area contributed by atoms with E-state index in [1.165, 1.54) is 18.2 Å². The number of sulfonamides is 1. The fourth-order valence-corrected chi connectivity index (χ4v) is 3.08. The average molecular weight is 279 g/mol.